The first kappa shape index (κ1) is 15.5. The number of carbonyl (C=O) groups excluding carboxylic acids is 1. The highest BCUT2D eigenvalue weighted by atomic mass is 32.1. The van der Waals surface area contributed by atoms with Gasteiger partial charge in [0.15, 0.2) is 0 Å². The van der Waals surface area contributed by atoms with Crippen LogP contribution in [0.4, 0.5) is 0 Å². The van der Waals surface area contributed by atoms with Crippen molar-refractivity contribution < 1.29 is 9.90 Å². The van der Waals surface area contributed by atoms with Crippen molar-refractivity contribution in [3.63, 3.8) is 0 Å². The monoisotopic (exact) mass is 330 g/mol. The van der Waals surface area contributed by atoms with Crippen LogP contribution in [0, 0.1) is 0 Å². The molecule has 0 radical (unpaired) electrons. The standard InChI is InChI=1S/C16H18N4O2S/c1-18-16-20(19-11-4-2-3-5-11)13(9-23-16)10-6-7-14(21)12(8-10)15(17)22/h6-9,21H,2-5H2,1H3,(H2,17,22). The van der Waals surface area contributed by atoms with Crippen LogP contribution < -0.4 is 10.5 Å². The molecule has 0 bridgehead atoms. The van der Waals surface area contributed by atoms with Crippen LogP contribution in [0.25, 0.3) is 11.3 Å². The van der Waals surface area contributed by atoms with Crippen molar-refractivity contribution in [2.45, 2.75) is 25.7 Å². The fourth-order valence-electron chi connectivity index (χ4n) is 2.66. The lowest BCUT2D eigenvalue weighted by molar-refractivity contribution is 0.0998. The van der Waals surface area contributed by atoms with E-state index < -0.39 is 5.91 Å². The van der Waals surface area contributed by atoms with Crippen molar-refractivity contribution in [1.82, 2.24) is 4.68 Å². The number of benzene rings is 1. The van der Waals surface area contributed by atoms with E-state index in [1.807, 2.05) is 10.1 Å². The van der Waals surface area contributed by atoms with Gasteiger partial charge in [0.05, 0.1) is 11.3 Å². The zero-order chi connectivity index (χ0) is 16.4. The Balaban J connectivity index is 2.14. The minimum atomic E-state index is -0.659. The molecule has 3 rings (SSSR count). The van der Waals surface area contributed by atoms with E-state index in [4.69, 9.17) is 10.8 Å². The van der Waals surface area contributed by atoms with E-state index in [0.717, 1.165) is 34.6 Å². The Labute approximate surface area is 137 Å². The van der Waals surface area contributed by atoms with E-state index in [9.17, 15) is 9.90 Å². The Morgan fingerprint density at radius 1 is 1.35 bits per heavy atom. The van der Waals surface area contributed by atoms with Crippen LogP contribution in [0.5, 0.6) is 5.75 Å². The fraction of sp³-hybridized carbons (Fsp3) is 0.312. The SMILES string of the molecule is CN=c1scc(-c2ccc(O)c(C(N)=O)c2)n1N=C1CCCC1. The van der Waals surface area contributed by atoms with Crippen molar-refractivity contribution in [1.29, 1.82) is 0 Å². The maximum absolute atomic E-state index is 11.4. The van der Waals surface area contributed by atoms with Crippen molar-refractivity contribution >= 4 is 23.0 Å². The van der Waals surface area contributed by atoms with E-state index in [1.54, 1.807) is 19.2 Å². The summed E-state index contributed by atoms with van der Waals surface area (Å²) in [7, 11) is 1.73. The van der Waals surface area contributed by atoms with Gasteiger partial charge in [0.2, 0.25) is 4.80 Å². The Morgan fingerprint density at radius 2 is 2.09 bits per heavy atom. The van der Waals surface area contributed by atoms with Crippen LogP contribution in [0.1, 0.15) is 36.0 Å². The second-order valence-corrected chi connectivity index (χ2v) is 6.24. The van der Waals surface area contributed by atoms with Gasteiger partial charge in [-0.3, -0.25) is 9.79 Å². The molecule has 1 aliphatic carbocycles. The molecular formula is C16H18N4O2S. The van der Waals surface area contributed by atoms with Crippen molar-refractivity contribution in [2.75, 3.05) is 7.05 Å². The van der Waals surface area contributed by atoms with Crippen molar-refractivity contribution in [3.05, 3.63) is 33.9 Å². The molecule has 120 valence electrons. The number of nitrogens with two attached hydrogens (primary N) is 1. The Morgan fingerprint density at radius 3 is 2.74 bits per heavy atom. The number of amides is 1. The number of carbonyl (C=O) groups is 1. The van der Waals surface area contributed by atoms with Gasteiger partial charge in [-0.2, -0.15) is 5.10 Å². The maximum Gasteiger partial charge on any atom is 0.252 e. The van der Waals surface area contributed by atoms with Gasteiger partial charge >= 0.3 is 0 Å². The second kappa shape index (κ2) is 6.37. The average molecular weight is 330 g/mol. The first-order chi connectivity index (χ1) is 11.1. The molecule has 0 aliphatic heterocycles. The first-order valence-corrected chi connectivity index (χ1v) is 8.31. The van der Waals surface area contributed by atoms with Gasteiger partial charge in [0.25, 0.3) is 5.91 Å². The predicted molar refractivity (Wildman–Crippen MR) is 90.7 cm³/mol. The van der Waals surface area contributed by atoms with E-state index >= 15 is 0 Å². The number of hydrogen-bond acceptors (Lipinski definition) is 5. The summed E-state index contributed by atoms with van der Waals surface area (Å²) in [4.78, 5) is 16.5. The fourth-order valence-corrected chi connectivity index (χ4v) is 3.46. The van der Waals surface area contributed by atoms with Crippen LogP contribution in [0.15, 0.2) is 33.7 Å². The number of aromatic nitrogens is 1. The van der Waals surface area contributed by atoms with Crippen LogP contribution in [-0.2, 0) is 0 Å². The molecule has 0 atom stereocenters. The summed E-state index contributed by atoms with van der Waals surface area (Å²) in [5.74, 6) is -0.779. The van der Waals surface area contributed by atoms with E-state index in [0.29, 0.717) is 0 Å². The summed E-state index contributed by atoms with van der Waals surface area (Å²) in [6.07, 6.45) is 4.35. The highest BCUT2D eigenvalue weighted by Gasteiger charge is 2.15. The molecule has 1 aromatic carbocycles. The van der Waals surface area contributed by atoms with Crippen molar-refractivity contribution in [3.8, 4) is 17.0 Å². The predicted octanol–water partition coefficient (Wildman–Crippen LogP) is 2.33. The summed E-state index contributed by atoms with van der Waals surface area (Å²) in [6, 6.07) is 4.81. The molecule has 1 fully saturated rings. The maximum atomic E-state index is 11.4. The third kappa shape index (κ3) is 3.05. The molecule has 1 saturated carbocycles. The number of rotatable bonds is 3. The zero-order valence-electron chi connectivity index (χ0n) is 12.8. The molecular weight excluding hydrogens is 312 g/mol. The summed E-state index contributed by atoms with van der Waals surface area (Å²) in [6.45, 7) is 0. The molecule has 2 aromatic rings. The molecule has 0 saturated heterocycles. The number of thiazole rings is 1. The number of primary amides is 1. The van der Waals surface area contributed by atoms with Gasteiger partial charge < -0.3 is 10.8 Å². The smallest absolute Gasteiger partial charge is 0.252 e. The summed E-state index contributed by atoms with van der Waals surface area (Å²) in [5.41, 5.74) is 8.17. The summed E-state index contributed by atoms with van der Waals surface area (Å²) >= 11 is 1.48. The third-order valence-electron chi connectivity index (χ3n) is 3.86. The topological polar surface area (TPSA) is 93.0 Å². The minimum absolute atomic E-state index is 0.101. The van der Waals surface area contributed by atoms with Gasteiger partial charge in [-0.25, -0.2) is 4.68 Å². The molecule has 23 heavy (non-hydrogen) atoms. The third-order valence-corrected chi connectivity index (χ3v) is 4.76. The van der Waals surface area contributed by atoms with Crippen LogP contribution in [-0.4, -0.2) is 28.4 Å². The van der Waals surface area contributed by atoms with Crippen LogP contribution >= 0.6 is 11.3 Å². The van der Waals surface area contributed by atoms with Gasteiger partial charge in [-0.1, -0.05) is 0 Å². The summed E-state index contributed by atoms with van der Waals surface area (Å²) < 4.78 is 1.81. The normalized spacial score (nSPS) is 15.2. The Kier molecular flexibility index (Phi) is 4.29. The molecule has 1 heterocycles. The number of nitrogens with zero attached hydrogens (tertiary/aromatic N) is 3. The molecule has 1 amide bonds. The highest BCUT2D eigenvalue weighted by molar-refractivity contribution is 7.07. The Hall–Kier alpha value is -2.41. The van der Waals surface area contributed by atoms with Crippen molar-refractivity contribution in [2.24, 2.45) is 15.8 Å². The molecule has 0 spiro atoms. The second-order valence-electron chi connectivity index (χ2n) is 5.41. The number of phenols is 1. The van der Waals surface area contributed by atoms with E-state index in [2.05, 4.69) is 4.99 Å². The molecule has 7 heteroatoms. The van der Waals surface area contributed by atoms with Crippen LogP contribution in [0.2, 0.25) is 0 Å². The first-order valence-electron chi connectivity index (χ1n) is 7.43. The molecule has 1 aliphatic rings. The minimum Gasteiger partial charge on any atom is -0.507 e. The summed E-state index contributed by atoms with van der Waals surface area (Å²) in [5, 5.41) is 16.4. The molecule has 6 nitrogen and oxygen atoms in total. The van der Waals surface area contributed by atoms with Gasteiger partial charge in [-0.05, 0) is 43.9 Å². The van der Waals surface area contributed by atoms with Gasteiger partial charge in [0.1, 0.15) is 5.75 Å². The lowest BCUT2D eigenvalue weighted by atomic mass is 10.1. The lowest BCUT2D eigenvalue weighted by Crippen LogP contribution is -2.14. The van der Waals surface area contributed by atoms with Crippen LogP contribution in [0.3, 0.4) is 0 Å². The van der Waals surface area contributed by atoms with E-state index in [1.165, 1.54) is 30.2 Å². The van der Waals surface area contributed by atoms with E-state index in [-0.39, 0.29) is 11.3 Å². The molecule has 0 unspecified atom stereocenters. The number of hydrogen-bond donors (Lipinski definition) is 2. The van der Waals surface area contributed by atoms with Gasteiger partial charge in [-0.15, -0.1) is 11.3 Å². The molecule has 1 aromatic heterocycles. The zero-order valence-corrected chi connectivity index (χ0v) is 13.6. The highest BCUT2D eigenvalue weighted by Crippen LogP contribution is 2.27. The molecule has 3 N–H and O–H groups in total. The number of aromatic hydroxyl groups is 1. The largest absolute Gasteiger partial charge is 0.507 e. The quantitative estimate of drug-likeness (QED) is 0.904. The average Bonchev–Trinajstić information content (AvgIpc) is 3.18. The lowest BCUT2D eigenvalue weighted by Gasteiger charge is -2.07. The Bertz CT molecular complexity index is 840. The van der Waals surface area contributed by atoms with Gasteiger partial charge in [0, 0.05) is 23.7 Å².